The third-order valence-corrected chi connectivity index (χ3v) is 8.63. The molecule has 5 rings (SSSR count). The highest BCUT2D eigenvalue weighted by atomic mass is 32.2. The average molecular weight is 524 g/mol. The lowest BCUT2D eigenvalue weighted by Gasteiger charge is -2.28. The van der Waals surface area contributed by atoms with Crippen LogP contribution in [-0.4, -0.2) is 57.2 Å². The second kappa shape index (κ2) is 11.5. The molecule has 2 N–H and O–H groups in total. The number of benzene rings is 3. The summed E-state index contributed by atoms with van der Waals surface area (Å²) in [6.45, 7) is 3.64. The minimum atomic E-state index is -3.67. The van der Waals surface area contributed by atoms with Crippen LogP contribution in [0.1, 0.15) is 30.2 Å². The fraction of sp³-hybridized carbons (Fsp3) is 0.357. The number of aliphatic hydroxyl groups excluding tert-OH is 1. The van der Waals surface area contributed by atoms with Gasteiger partial charge in [0.25, 0.3) is 0 Å². The maximum atomic E-state index is 13.3. The Morgan fingerprint density at radius 2 is 1.68 bits per heavy atom. The monoisotopic (exact) mass is 523 g/mol. The van der Waals surface area contributed by atoms with Gasteiger partial charge in [0, 0.05) is 31.7 Å². The summed E-state index contributed by atoms with van der Waals surface area (Å²) in [5, 5.41) is 14.3. The summed E-state index contributed by atoms with van der Waals surface area (Å²) in [6, 6.07) is 22.3. The van der Waals surface area contributed by atoms with E-state index in [1.807, 2.05) is 54.6 Å². The Kier molecular flexibility index (Phi) is 7.95. The molecule has 3 aromatic rings. The molecule has 2 heterocycles. The van der Waals surface area contributed by atoms with Crippen LogP contribution in [0.2, 0.25) is 0 Å². The van der Waals surface area contributed by atoms with Crippen LogP contribution < -0.4 is 15.0 Å². The molecule has 8 nitrogen and oxygen atoms in total. The predicted octanol–water partition coefficient (Wildman–Crippen LogP) is 3.99. The molecule has 0 spiro atoms. The summed E-state index contributed by atoms with van der Waals surface area (Å²) in [7, 11) is -3.67. The molecule has 0 aromatic heterocycles. The van der Waals surface area contributed by atoms with Crippen LogP contribution in [0.4, 0.5) is 11.4 Å². The van der Waals surface area contributed by atoms with Gasteiger partial charge in [-0.3, -0.25) is 0 Å². The predicted molar refractivity (Wildman–Crippen MR) is 143 cm³/mol. The Labute approximate surface area is 218 Å². The molecule has 1 atom stereocenters. The average Bonchev–Trinajstić information content (AvgIpc) is 3.48. The van der Waals surface area contributed by atoms with Crippen molar-refractivity contribution in [1.82, 2.24) is 4.31 Å². The summed E-state index contributed by atoms with van der Waals surface area (Å²) in [5.41, 5.74) is 3.15. The van der Waals surface area contributed by atoms with Crippen LogP contribution in [0.3, 0.4) is 0 Å². The standard InChI is InChI=1S/C28H33N3O5S/c32-28(23-9-6-10-24(19-23)36-21-22-7-2-1-3-8-22)29-26-20-25(11-12-27(26)30-13-4-5-14-30)37(33,34)31-15-17-35-18-16-31/h1-3,6-12,19-20,28-29,32H,4-5,13-18,21H2. The van der Waals surface area contributed by atoms with E-state index in [2.05, 4.69) is 10.2 Å². The SMILES string of the molecule is O=S(=O)(c1ccc(N2CCCC2)c(NC(O)c2cccc(OCc3ccccc3)c2)c1)N1CCOCC1. The number of morpholine rings is 1. The highest BCUT2D eigenvalue weighted by molar-refractivity contribution is 7.89. The van der Waals surface area contributed by atoms with E-state index in [1.54, 1.807) is 18.2 Å². The van der Waals surface area contributed by atoms with Crippen molar-refractivity contribution in [1.29, 1.82) is 0 Å². The first-order valence-corrected chi connectivity index (χ1v) is 14.1. The number of sulfonamides is 1. The van der Waals surface area contributed by atoms with Crippen LogP contribution in [0.15, 0.2) is 77.7 Å². The highest BCUT2D eigenvalue weighted by Gasteiger charge is 2.28. The maximum Gasteiger partial charge on any atom is 0.243 e. The van der Waals surface area contributed by atoms with E-state index in [4.69, 9.17) is 9.47 Å². The molecule has 2 saturated heterocycles. The molecule has 2 fully saturated rings. The van der Waals surface area contributed by atoms with E-state index in [1.165, 1.54) is 4.31 Å². The molecule has 0 saturated carbocycles. The van der Waals surface area contributed by atoms with Gasteiger partial charge in [-0.2, -0.15) is 4.31 Å². The van der Waals surface area contributed by atoms with Crippen LogP contribution in [-0.2, 0) is 21.4 Å². The number of nitrogens with one attached hydrogen (secondary N) is 1. The molecule has 0 radical (unpaired) electrons. The second-order valence-electron chi connectivity index (χ2n) is 9.28. The van der Waals surface area contributed by atoms with Crippen molar-refractivity contribution in [3.63, 3.8) is 0 Å². The molecule has 0 amide bonds. The zero-order valence-corrected chi connectivity index (χ0v) is 21.6. The summed E-state index contributed by atoms with van der Waals surface area (Å²) in [6.07, 6.45) is 1.11. The largest absolute Gasteiger partial charge is 0.489 e. The molecule has 3 aromatic carbocycles. The third-order valence-electron chi connectivity index (χ3n) is 6.74. The number of anilines is 2. The van der Waals surface area contributed by atoms with Gasteiger partial charge in [0.1, 0.15) is 12.4 Å². The van der Waals surface area contributed by atoms with Gasteiger partial charge in [0.05, 0.1) is 29.5 Å². The molecule has 1 unspecified atom stereocenters. The van der Waals surface area contributed by atoms with Crippen molar-refractivity contribution in [2.45, 2.75) is 30.6 Å². The molecule has 0 bridgehead atoms. The summed E-state index contributed by atoms with van der Waals surface area (Å²) in [5.74, 6) is 0.644. The van der Waals surface area contributed by atoms with Crippen molar-refractivity contribution < 1.29 is 23.0 Å². The van der Waals surface area contributed by atoms with Gasteiger partial charge < -0.3 is 24.8 Å². The first kappa shape index (κ1) is 25.5. The summed E-state index contributed by atoms with van der Waals surface area (Å²) in [4.78, 5) is 2.42. The first-order chi connectivity index (χ1) is 18.0. The van der Waals surface area contributed by atoms with Gasteiger partial charge in [0.2, 0.25) is 10.0 Å². The minimum Gasteiger partial charge on any atom is -0.489 e. The Balaban J connectivity index is 1.38. The minimum absolute atomic E-state index is 0.201. The number of hydrogen-bond donors (Lipinski definition) is 2. The van der Waals surface area contributed by atoms with E-state index in [0.717, 1.165) is 37.2 Å². The zero-order chi connectivity index (χ0) is 25.7. The van der Waals surface area contributed by atoms with Gasteiger partial charge in [-0.15, -0.1) is 0 Å². The lowest BCUT2D eigenvalue weighted by atomic mass is 10.1. The molecule has 196 valence electrons. The Morgan fingerprint density at radius 1 is 0.919 bits per heavy atom. The topological polar surface area (TPSA) is 91.3 Å². The Hall–Kier alpha value is -3.11. The van der Waals surface area contributed by atoms with Gasteiger partial charge in [-0.05, 0) is 48.7 Å². The summed E-state index contributed by atoms with van der Waals surface area (Å²) >= 11 is 0. The molecular formula is C28H33N3O5S. The fourth-order valence-electron chi connectivity index (χ4n) is 4.71. The number of nitrogens with zero attached hydrogens (tertiary/aromatic N) is 2. The number of aliphatic hydroxyl groups is 1. The van der Waals surface area contributed by atoms with Crippen LogP contribution in [0.5, 0.6) is 5.75 Å². The van der Waals surface area contributed by atoms with E-state index in [0.29, 0.717) is 49.9 Å². The molecule has 9 heteroatoms. The van der Waals surface area contributed by atoms with E-state index in [-0.39, 0.29) is 4.90 Å². The lowest BCUT2D eigenvalue weighted by Crippen LogP contribution is -2.40. The first-order valence-electron chi connectivity index (χ1n) is 12.7. The van der Waals surface area contributed by atoms with E-state index in [9.17, 15) is 13.5 Å². The normalized spacial score (nSPS) is 17.5. The quantitative estimate of drug-likeness (QED) is 0.410. The van der Waals surface area contributed by atoms with Crippen LogP contribution in [0, 0.1) is 0 Å². The van der Waals surface area contributed by atoms with Crippen molar-refractivity contribution in [3.05, 3.63) is 83.9 Å². The molecule has 0 aliphatic carbocycles. The van der Waals surface area contributed by atoms with Gasteiger partial charge in [-0.25, -0.2) is 8.42 Å². The van der Waals surface area contributed by atoms with Gasteiger partial charge >= 0.3 is 0 Å². The Bertz CT molecular complexity index is 1290. The highest BCUT2D eigenvalue weighted by Crippen LogP contribution is 2.34. The number of rotatable bonds is 9. The smallest absolute Gasteiger partial charge is 0.243 e. The lowest BCUT2D eigenvalue weighted by molar-refractivity contribution is 0.0730. The Morgan fingerprint density at radius 3 is 2.43 bits per heavy atom. The van der Waals surface area contributed by atoms with E-state index < -0.39 is 16.3 Å². The summed E-state index contributed by atoms with van der Waals surface area (Å²) < 4.78 is 39.3. The maximum absolute atomic E-state index is 13.3. The van der Waals surface area contributed by atoms with Crippen LogP contribution in [0.25, 0.3) is 0 Å². The van der Waals surface area contributed by atoms with Crippen molar-refractivity contribution in [3.8, 4) is 5.75 Å². The molecule has 37 heavy (non-hydrogen) atoms. The molecule has 2 aliphatic rings. The van der Waals surface area contributed by atoms with Crippen LogP contribution >= 0.6 is 0 Å². The number of hydrogen-bond acceptors (Lipinski definition) is 7. The van der Waals surface area contributed by atoms with E-state index >= 15 is 0 Å². The van der Waals surface area contributed by atoms with Crippen molar-refractivity contribution >= 4 is 21.4 Å². The van der Waals surface area contributed by atoms with Crippen molar-refractivity contribution in [2.75, 3.05) is 49.6 Å². The van der Waals surface area contributed by atoms with Gasteiger partial charge in [0.15, 0.2) is 6.23 Å². The molecular weight excluding hydrogens is 490 g/mol. The fourth-order valence-corrected chi connectivity index (χ4v) is 6.14. The second-order valence-corrected chi connectivity index (χ2v) is 11.2. The van der Waals surface area contributed by atoms with Gasteiger partial charge in [-0.1, -0.05) is 42.5 Å². The third kappa shape index (κ3) is 6.07. The van der Waals surface area contributed by atoms with Crippen molar-refractivity contribution in [2.24, 2.45) is 0 Å². The zero-order valence-electron chi connectivity index (χ0n) is 20.8. The number of ether oxygens (including phenoxy) is 2. The molecule has 2 aliphatic heterocycles.